The van der Waals surface area contributed by atoms with Gasteiger partial charge in [-0.3, -0.25) is 14.5 Å². The van der Waals surface area contributed by atoms with Crippen molar-refractivity contribution in [2.24, 2.45) is 5.41 Å². The minimum atomic E-state index is -0.944. The van der Waals surface area contributed by atoms with E-state index in [0.717, 1.165) is 11.1 Å². The maximum Gasteiger partial charge on any atom is 0.415 e. The second-order valence-electron chi connectivity index (χ2n) is 11.4. The summed E-state index contributed by atoms with van der Waals surface area (Å²) in [6.45, 7) is 6.58. The van der Waals surface area contributed by atoms with Crippen LogP contribution in [0, 0.1) is 17.8 Å². The molecule has 9 heteroatoms. The number of amides is 3. The number of carbonyl (C=O) groups excluding carboxylic acids is 3. The Morgan fingerprint density at radius 3 is 2.33 bits per heavy atom. The molecule has 2 aromatic rings. The van der Waals surface area contributed by atoms with E-state index in [1.807, 2.05) is 58.0 Å². The number of carbonyl (C=O) groups is 3. The molecule has 3 rings (SSSR count). The van der Waals surface area contributed by atoms with E-state index < -0.39 is 35.6 Å². The van der Waals surface area contributed by atoms with Crippen LogP contribution in [0.2, 0.25) is 0 Å². The van der Waals surface area contributed by atoms with Crippen LogP contribution in [0.3, 0.4) is 0 Å². The lowest BCUT2D eigenvalue weighted by molar-refractivity contribution is -0.145. The highest BCUT2D eigenvalue weighted by molar-refractivity contribution is 5.92. The second kappa shape index (κ2) is 13.5. The number of likely N-dealkylation sites (N-methyl/N-ethyl adjacent to an activating group) is 1. The number of aliphatic hydroxyl groups excluding tert-OH is 1. The van der Waals surface area contributed by atoms with Crippen molar-refractivity contribution in [2.75, 3.05) is 33.7 Å². The molecule has 0 radical (unpaired) electrons. The maximum absolute atomic E-state index is 14.2. The van der Waals surface area contributed by atoms with Crippen molar-refractivity contribution in [3.8, 4) is 18.1 Å². The van der Waals surface area contributed by atoms with Gasteiger partial charge in [0.25, 0.3) is 0 Å². The lowest BCUT2D eigenvalue weighted by Gasteiger charge is -2.41. The molecule has 9 nitrogen and oxygen atoms in total. The van der Waals surface area contributed by atoms with E-state index >= 15 is 0 Å². The first-order chi connectivity index (χ1) is 18.9. The molecule has 0 unspecified atom stereocenters. The molecule has 3 atom stereocenters. The van der Waals surface area contributed by atoms with Gasteiger partial charge in [-0.1, -0.05) is 57.0 Å². The minimum absolute atomic E-state index is 0.00435. The Morgan fingerprint density at radius 1 is 1.10 bits per heavy atom. The number of para-hydroxylation sites is 1. The lowest BCUT2D eigenvalue weighted by Crippen LogP contribution is -2.60. The average molecular weight is 549 g/mol. The molecule has 0 spiro atoms. The van der Waals surface area contributed by atoms with Crippen molar-refractivity contribution in [1.29, 1.82) is 0 Å². The van der Waals surface area contributed by atoms with E-state index in [9.17, 15) is 19.5 Å². The lowest BCUT2D eigenvalue weighted by atomic mass is 9.84. The summed E-state index contributed by atoms with van der Waals surface area (Å²) >= 11 is 0. The fraction of sp³-hybridized carbons (Fsp3) is 0.452. The predicted octanol–water partition coefficient (Wildman–Crippen LogP) is 2.72. The Labute approximate surface area is 237 Å². The number of ether oxygens (including phenoxy) is 1. The van der Waals surface area contributed by atoms with Gasteiger partial charge in [0.1, 0.15) is 17.8 Å². The smallest absolute Gasteiger partial charge is 0.410 e. The van der Waals surface area contributed by atoms with Crippen LogP contribution in [-0.4, -0.2) is 89.6 Å². The van der Waals surface area contributed by atoms with Crippen molar-refractivity contribution < 1.29 is 24.2 Å². The van der Waals surface area contributed by atoms with E-state index in [2.05, 4.69) is 11.2 Å². The molecule has 1 aliphatic heterocycles. The quantitative estimate of drug-likeness (QED) is 0.468. The summed E-state index contributed by atoms with van der Waals surface area (Å²) in [6.07, 6.45) is 4.01. The average Bonchev–Trinajstić information content (AvgIpc) is 3.31. The van der Waals surface area contributed by atoms with Crippen molar-refractivity contribution in [3.63, 3.8) is 0 Å². The zero-order valence-electron chi connectivity index (χ0n) is 24.0. The molecule has 1 heterocycles. The predicted molar refractivity (Wildman–Crippen MR) is 153 cm³/mol. The first kappa shape index (κ1) is 30.7. The van der Waals surface area contributed by atoms with Gasteiger partial charge in [0.05, 0.1) is 6.10 Å². The van der Waals surface area contributed by atoms with Gasteiger partial charge in [0.15, 0.2) is 0 Å². The Balaban J connectivity index is 1.84. The molecule has 0 saturated carbocycles. The van der Waals surface area contributed by atoms with Gasteiger partial charge < -0.3 is 25.0 Å². The molecule has 40 heavy (non-hydrogen) atoms. The summed E-state index contributed by atoms with van der Waals surface area (Å²) < 4.78 is 5.65. The van der Waals surface area contributed by atoms with Crippen LogP contribution in [0.15, 0.2) is 54.6 Å². The van der Waals surface area contributed by atoms with Crippen molar-refractivity contribution in [2.45, 2.75) is 51.9 Å². The van der Waals surface area contributed by atoms with Crippen LogP contribution in [0.25, 0.3) is 0 Å². The third-order valence-corrected chi connectivity index (χ3v) is 6.79. The number of likely N-dealkylation sites (tertiary alicyclic amines) is 1. The van der Waals surface area contributed by atoms with E-state index in [1.165, 1.54) is 9.80 Å². The van der Waals surface area contributed by atoms with Crippen LogP contribution in [-0.2, 0) is 16.1 Å². The van der Waals surface area contributed by atoms with Gasteiger partial charge in [-0.05, 0) is 49.3 Å². The number of nitrogens with zero attached hydrogens (tertiary/aromatic N) is 3. The third kappa shape index (κ3) is 8.07. The Hall–Kier alpha value is -3.87. The third-order valence-electron chi connectivity index (χ3n) is 6.79. The minimum Gasteiger partial charge on any atom is -0.410 e. The van der Waals surface area contributed by atoms with E-state index in [-0.39, 0.29) is 32.0 Å². The highest BCUT2D eigenvalue weighted by Gasteiger charge is 2.47. The van der Waals surface area contributed by atoms with Gasteiger partial charge in [-0.2, -0.15) is 0 Å². The first-order valence-electron chi connectivity index (χ1n) is 13.4. The molecule has 2 N–H and O–H groups in total. The fourth-order valence-corrected chi connectivity index (χ4v) is 4.74. The Bertz CT molecular complexity index is 1200. The van der Waals surface area contributed by atoms with E-state index in [0.29, 0.717) is 12.3 Å². The number of rotatable bonds is 9. The van der Waals surface area contributed by atoms with Gasteiger partial charge >= 0.3 is 6.09 Å². The van der Waals surface area contributed by atoms with Gasteiger partial charge in [0, 0.05) is 38.2 Å². The van der Waals surface area contributed by atoms with Crippen LogP contribution in [0.5, 0.6) is 5.75 Å². The molecule has 0 bridgehead atoms. The van der Waals surface area contributed by atoms with Crippen LogP contribution in [0.4, 0.5) is 4.79 Å². The first-order valence-corrected chi connectivity index (χ1v) is 13.4. The number of nitrogens with one attached hydrogen (secondary N) is 1. The summed E-state index contributed by atoms with van der Waals surface area (Å²) in [5.41, 5.74) is 0.894. The normalized spacial score (nSPS) is 17.7. The van der Waals surface area contributed by atoms with Crippen molar-refractivity contribution >= 4 is 17.9 Å². The van der Waals surface area contributed by atoms with Crippen molar-refractivity contribution in [1.82, 2.24) is 20.0 Å². The second-order valence-corrected chi connectivity index (χ2v) is 11.4. The topological polar surface area (TPSA) is 102 Å². The monoisotopic (exact) mass is 548 g/mol. The summed E-state index contributed by atoms with van der Waals surface area (Å²) in [5.74, 6) is 2.14. The molecule has 0 aromatic heterocycles. The fourth-order valence-electron chi connectivity index (χ4n) is 4.74. The highest BCUT2D eigenvalue weighted by Crippen LogP contribution is 2.30. The number of hydrogen-bond acceptors (Lipinski definition) is 6. The molecule has 2 aromatic carbocycles. The highest BCUT2D eigenvalue weighted by atomic mass is 16.6. The number of terminal acetylenes is 1. The van der Waals surface area contributed by atoms with E-state index in [1.54, 1.807) is 36.4 Å². The summed E-state index contributed by atoms with van der Waals surface area (Å²) in [5, 5.41) is 13.4. The zero-order valence-corrected chi connectivity index (χ0v) is 24.0. The SMILES string of the molecule is C#Cc1ccc(CNC(=O)[C@@H]2C[C@@H](O)CN2C(=O)[C@@H](N(CCN(C)C)C(=O)Oc2ccccc2)C(C)(C)C)cc1. The van der Waals surface area contributed by atoms with Gasteiger partial charge in [0.2, 0.25) is 11.8 Å². The van der Waals surface area contributed by atoms with Gasteiger partial charge in [-0.25, -0.2) is 4.79 Å². The number of hydrogen-bond donors (Lipinski definition) is 2. The van der Waals surface area contributed by atoms with Crippen molar-refractivity contribution in [3.05, 3.63) is 65.7 Å². The molecule has 1 aliphatic rings. The van der Waals surface area contributed by atoms with E-state index in [4.69, 9.17) is 11.2 Å². The Kier molecular flexibility index (Phi) is 10.3. The molecule has 1 saturated heterocycles. The van der Waals surface area contributed by atoms with Crippen LogP contribution >= 0.6 is 0 Å². The summed E-state index contributed by atoms with van der Waals surface area (Å²) in [4.78, 5) is 45.7. The van der Waals surface area contributed by atoms with Gasteiger partial charge in [-0.15, -0.1) is 6.42 Å². The molecule has 1 fully saturated rings. The van der Waals surface area contributed by atoms with Crippen LogP contribution < -0.4 is 10.1 Å². The zero-order chi connectivity index (χ0) is 29.4. The molecule has 3 amide bonds. The number of aliphatic hydroxyl groups is 1. The standard InChI is InChI=1S/C31H40N4O5/c1-7-22-13-15-23(16-14-22)20-32-28(37)26-19-24(36)21-35(26)29(38)27(31(2,3)4)34(18-17-33(5)6)30(39)40-25-11-9-8-10-12-25/h1,8-16,24,26-27,36H,17-21H2,2-6H3,(H,32,37)/t24-,26+,27-/m1/s1. The largest absolute Gasteiger partial charge is 0.415 e. The van der Waals surface area contributed by atoms with Crippen LogP contribution in [0.1, 0.15) is 38.3 Å². The molecule has 214 valence electrons. The molecular weight excluding hydrogens is 508 g/mol. The summed E-state index contributed by atoms with van der Waals surface area (Å²) in [6, 6.07) is 14.1. The molecule has 0 aliphatic carbocycles. The Morgan fingerprint density at radius 2 is 1.75 bits per heavy atom. The number of benzene rings is 2. The molecular formula is C31H40N4O5. The summed E-state index contributed by atoms with van der Waals surface area (Å²) in [7, 11) is 3.76. The number of β-amino-alcohol motifs (C(OH)–C–C–N with tert-alkyl or cyclic N) is 1. The maximum atomic E-state index is 14.2.